The predicted molar refractivity (Wildman–Crippen MR) is 273 cm³/mol. The summed E-state index contributed by atoms with van der Waals surface area (Å²) in [5.41, 5.74) is 0. The number of nitrogens with one attached hydrogen (secondary N) is 1. The zero-order chi connectivity index (χ0) is 45.8. The highest BCUT2D eigenvalue weighted by Crippen LogP contribution is 2.17. The number of hydrogen-bond donors (Lipinski definition) is 3. The lowest BCUT2D eigenvalue weighted by molar-refractivity contribution is -0.143. The van der Waals surface area contributed by atoms with Gasteiger partial charge in [-0.1, -0.05) is 237 Å². The molecule has 0 saturated heterocycles. The monoisotopic (exact) mass is 886 g/mol. The van der Waals surface area contributed by atoms with E-state index in [1.54, 1.807) is 0 Å². The second kappa shape index (κ2) is 52.7. The van der Waals surface area contributed by atoms with Crippen LogP contribution in [0.3, 0.4) is 0 Å². The number of rotatable bonds is 51. The molecule has 0 aliphatic heterocycles. The number of aliphatic hydroxyl groups excluding tert-OH is 2. The molecule has 0 rings (SSSR count). The van der Waals surface area contributed by atoms with Crippen LogP contribution in [0.2, 0.25) is 0 Å². The lowest BCUT2D eigenvalue weighted by atomic mass is 10.0. The minimum absolute atomic E-state index is 0.0493. The highest BCUT2D eigenvalue weighted by molar-refractivity contribution is 5.76. The van der Waals surface area contributed by atoms with E-state index in [9.17, 15) is 19.8 Å². The van der Waals surface area contributed by atoms with Gasteiger partial charge in [0, 0.05) is 12.8 Å². The van der Waals surface area contributed by atoms with E-state index in [0.717, 1.165) is 83.5 Å². The molecular weight excluding hydrogens is 779 g/mol. The van der Waals surface area contributed by atoms with E-state index in [-0.39, 0.29) is 18.5 Å². The number of allylic oxidation sites excluding steroid dienone is 6. The molecule has 2 unspecified atom stereocenters. The van der Waals surface area contributed by atoms with Crippen molar-refractivity contribution in [1.29, 1.82) is 0 Å². The van der Waals surface area contributed by atoms with Crippen molar-refractivity contribution in [2.45, 2.75) is 302 Å². The molecule has 0 aliphatic carbocycles. The van der Waals surface area contributed by atoms with Crippen LogP contribution in [0.4, 0.5) is 0 Å². The number of aliphatic hydroxyl groups is 2. The van der Waals surface area contributed by atoms with Crippen molar-refractivity contribution in [1.82, 2.24) is 5.32 Å². The van der Waals surface area contributed by atoms with Gasteiger partial charge in [-0.3, -0.25) is 9.59 Å². The Labute approximate surface area is 392 Å². The molecule has 0 aromatic heterocycles. The topological polar surface area (TPSA) is 95.9 Å². The Balaban J connectivity index is 3.54. The number of ether oxygens (including phenoxy) is 1. The molecule has 6 nitrogen and oxygen atoms in total. The van der Waals surface area contributed by atoms with E-state index >= 15 is 0 Å². The van der Waals surface area contributed by atoms with Crippen LogP contribution in [-0.4, -0.2) is 47.4 Å². The predicted octanol–water partition coefficient (Wildman–Crippen LogP) is 16.9. The van der Waals surface area contributed by atoms with Crippen molar-refractivity contribution in [2.75, 3.05) is 13.2 Å². The fourth-order valence-electron chi connectivity index (χ4n) is 8.38. The van der Waals surface area contributed by atoms with E-state index in [4.69, 9.17) is 4.74 Å². The van der Waals surface area contributed by atoms with E-state index in [1.165, 1.54) is 173 Å². The Kier molecular flexibility index (Phi) is 51.1. The van der Waals surface area contributed by atoms with Gasteiger partial charge in [0.2, 0.25) is 5.91 Å². The van der Waals surface area contributed by atoms with Crippen molar-refractivity contribution in [3.05, 3.63) is 36.5 Å². The number of unbranched alkanes of at least 4 members (excludes halogenated alkanes) is 34. The maximum Gasteiger partial charge on any atom is 0.305 e. The Hall–Kier alpha value is -1.92. The molecule has 370 valence electrons. The molecule has 0 aromatic carbocycles. The van der Waals surface area contributed by atoms with E-state index in [1.807, 2.05) is 0 Å². The van der Waals surface area contributed by atoms with Crippen LogP contribution in [0.15, 0.2) is 36.5 Å². The summed E-state index contributed by atoms with van der Waals surface area (Å²) in [6, 6.07) is -0.581. The Morgan fingerprint density at radius 1 is 0.444 bits per heavy atom. The summed E-state index contributed by atoms with van der Waals surface area (Å²) in [5, 5.41) is 23.3. The number of hydrogen-bond acceptors (Lipinski definition) is 5. The van der Waals surface area contributed by atoms with Crippen LogP contribution in [-0.2, 0) is 14.3 Å². The Morgan fingerprint density at radius 3 is 1.29 bits per heavy atom. The standard InChI is InChI=1S/C57H107NO5/c1-3-5-7-9-11-13-15-17-19-20-21-22-23-24-25-27-28-30-33-37-41-45-49-55(60)54(53-59)58-56(61)50-46-42-38-34-32-36-40-44-48-52-63-57(62)51-47-43-39-35-31-29-26-18-16-14-12-10-8-6-4-2/h12,14,18,26,34,38,54-55,59-60H,3-11,13,15-17,19-25,27-33,35-37,39-53H2,1-2H3,(H,58,61)/b14-12-,26-18-,38-34-. The molecular formula is C57H107NO5. The molecule has 1 amide bonds. The number of carbonyl (C=O) groups excluding carboxylic acids is 2. The van der Waals surface area contributed by atoms with Gasteiger partial charge in [-0.2, -0.15) is 0 Å². The van der Waals surface area contributed by atoms with Crippen molar-refractivity contribution < 1.29 is 24.5 Å². The van der Waals surface area contributed by atoms with Crippen LogP contribution in [0.25, 0.3) is 0 Å². The molecule has 6 heteroatoms. The average Bonchev–Trinajstić information content (AvgIpc) is 3.28. The Morgan fingerprint density at radius 2 is 0.810 bits per heavy atom. The molecule has 0 aliphatic rings. The lowest BCUT2D eigenvalue weighted by Crippen LogP contribution is -2.45. The summed E-state index contributed by atoms with van der Waals surface area (Å²) in [4.78, 5) is 24.5. The van der Waals surface area contributed by atoms with Gasteiger partial charge in [-0.25, -0.2) is 0 Å². The van der Waals surface area contributed by atoms with Crippen LogP contribution < -0.4 is 5.32 Å². The molecule has 0 saturated carbocycles. The van der Waals surface area contributed by atoms with Crippen LogP contribution in [0.1, 0.15) is 290 Å². The first kappa shape index (κ1) is 61.1. The fraction of sp³-hybridized carbons (Fsp3) is 0.860. The fourth-order valence-corrected chi connectivity index (χ4v) is 8.38. The molecule has 0 aromatic rings. The van der Waals surface area contributed by atoms with Crippen LogP contribution >= 0.6 is 0 Å². The summed E-state index contributed by atoms with van der Waals surface area (Å²) >= 11 is 0. The van der Waals surface area contributed by atoms with E-state index in [2.05, 4.69) is 55.6 Å². The van der Waals surface area contributed by atoms with Gasteiger partial charge in [-0.05, 0) is 77.0 Å². The van der Waals surface area contributed by atoms with Crippen molar-refractivity contribution in [3.63, 3.8) is 0 Å². The molecule has 0 fully saturated rings. The Bertz CT molecular complexity index is 1020. The maximum atomic E-state index is 12.5. The molecule has 2 atom stereocenters. The minimum Gasteiger partial charge on any atom is -0.466 e. The third kappa shape index (κ3) is 49.4. The zero-order valence-corrected chi connectivity index (χ0v) is 42.1. The van der Waals surface area contributed by atoms with Gasteiger partial charge in [0.05, 0.1) is 25.4 Å². The van der Waals surface area contributed by atoms with Crippen molar-refractivity contribution >= 4 is 11.9 Å². The van der Waals surface area contributed by atoms with Crippen LogP contribution in [0, 0.1) is 0 Å². The maximum absolute atomic E-state index is 12.5. The second-order valence-corrected chi connectivity index (χ2v) is 18.9. The average molecular weight is 886 g/mol. The number of esters is 1. The number of carbonyl (C=O) groups is 2. The third-order valence-electron chi connectivity index (χ3n) is 12.7. The van der Waals surface area contributed by atoms with Crippen molar-refractivity contribution in [2.24, 2.45) is 0 Å². The largest absolute Gasteiger partial charge is 0.466 e. The summed E-state index contributed by atoms with van der Waals surface area (Å²) < 4.78 is 5.43. The highest BCUT2D eigenvalue weighted by atomic mass is 16.5. The molecule has 0 bridgehead atoms. The summed E-state index contributed by atoms with van der Waals surface area (Å²) in [6.07, 6.45) is 64.2. The summed E-state index contributed by atoms with van der Waals surface area (Å²) in [7, 11) is 0. The van der Waals surface area contributed by atoms with Gasteiger partial charge < -0.3 is 20.3 Å². The first-order valence-electron chi connectivity index (χ1n) is 27.7. The lowest BCUT2D eigenvalue weighted by Gasteiger charge is -2.22. The molecule has 3 N–H and O–H groups in total. The molecule has 63 heavy (non-hydrogen) atoms. The highest BCUT2D eigenvalue weighted by Gasteiger charge is 2.20. The summed E-state index contributed by atoms with van der Waals surface area (Å²) in [6.45, 7) is 4.84. The minimum atomic E-state index is -0.698. The van der Waals surface area contributed by atoms with Gasteiger partial charge in [0.15, 0.2) is 0 Å². The van der Waals surface area contributed by atoms with E-state index in [0.29, 0.717) is 25.9 Å². The first-order valence-corrected chi connectivity index (χ1v) is 27.7. The molecule has 0 spiro atoms. The quantitative estimate of drug-likeness (QED) is 0.0321. The summed E-state index contributed by atoms with van der Waals surface area (Å²) in [5.74, 6) is -0.144. The SMILES string of the molecule is CCCCC/C=C\C/C=C\CCCCCCCC(=O)OCCCCCC/C=C\CCCC(=O)NC(CO)C(O)CCCCCCCCCCCCCCCCCCCCCCCC. The van der Waals surface area contributed by atoms with Gasteiger partial charge in [-0.15, -0.1) is 0 Å². The van der Waals surface area contributed by atoms with Crippen LogP contribution in [0.5, 0.6) is 0 Å². The first-order chi connectivity index (χ1) is 31.0. The van der Waals surface area contributed by atoms with Crippen molar-refractivity contribution in [3.8, 4) is 0 Å². The van der Waals surface area contributed by atoms with Gasteiger partial charge >= 0.3 is 5.97 Å². The normalized spacial score (nSPS) is 12.9. The van der Waals surface area contributed by atoms with Gasteiger partial charge in [0.25, 0.3) is 0 Å². The molecule has 0 radical (unpaired) electrons. The molecule has 0 heterocycles. The van der Waals surface area contributed by atoms with E-state index < -0.39 is 12.1 Å². The number of amides is 1. The zero-order valence-electron chi connectivity index (χ0n) is 42.1. The third-order valence-corrected chi connectivity index (χ3v) is 12.7. The van der Waals surface area contributed by atoms with Gasteiger partial charge in [0.1, 0.15) is 0 Å². The smallest absolute Gasteiger partial charge is 0.305 e. The second-order valence-electron chi connectivity index (χ2n) is 18.9.